The van der Waals surface area contributed by atoms with Crippen molar-refractivity contribution in [2.45, 2.75) is 49.1 Å². The Labute approximate surface area is 147 Å². The van der Waals surface area contributed by atoms with Gasteiger partial charge in [-0.2, -0.15) is 0 Å². The van der Waals surface area contributed by atoms with Gasteiger partial charge in [0.05, 0.1) is 0 Å². The van der Waals surface area contributed by atoms with E-state index in [0.717, 1.165) is 16.5 Å². The van der Waals surface area contributed by atoms with E-state index in [4.69, 9.17) is 0 Å². The third-order valence-corrected chi connectivity index (χ3v) is 5.31. The third-order valence-electron chi connectivity index (χ3n) is 4.11. The van der Waals surface area contributed by atoms with E-state index in [0.29, 0.717) is 12.0 Å². The standard InChI is InChI=1S/C18H24N4OS/c1-12(2)16-19-20-18(22(16)14-10-11-14)24-15(17(23)21(3)4)13-8-6-5-7-9-13/h5-9,12,14-15H,10-11H2,1-4H3/t15-/m0/s1. The van der Waals surface area contributed by atoms with Gasteiger partial charge in [-0.15, -0.1) is 10.2 Å². The van der Waals surface area contributed by atoms with Crippen LogP contribution in [0.3, 0.4) is 0 Å². The number of carbonyl (C=O) groups is 1. The molecule has 128 valence electrons. The van der Waals surface area contributed by atoms with E-state index in [1.165, 1.54) is 24.6 Å². The van der Waals surface area contributed by atoms with Crippen LogP contribution in [-0.2, 0) is 4.79 Å². The average molecular weight is 344 g/mol. The monoisotopic (exact) mass is 344 g/mol. The second-order valence-electron chi connectivity index (χ2n) is 6.74. The van der Waals surface area contributed by atoms with E-state index in [1.54, 1.807) is 19.0 Å². The second kappa shape index (κ2) is 6.97. The molecular formula is C18H24N4OS. The summed E-state index contributed by atoms with van der Waals surface area (Å²) in [4.78, 5) is 14.4. The zero-order valence-electron chi connectivity index (χ0n) is 14.6. The lowest BCUT2D eigenvalue weighted by Crippen LogP contribution is -2.27. The fraction of sp³-hybridized carbons (Fsp3) is 0.500. The van der Waals surface area contributed by atoms with Crippen molar-refractivity contribution >= 4 is 17.7 Å². The molecule has 0 spiro atoms. The van der Waals surface area contributed by atoms with Crippen LogP contribution in [0.25, 0.3) is 0 Å². The number of thioether (sulfide) groups is 1. The highest BCUT2D eigenvalue weighted by Crippen LogP contribution is 2.43. The van der Waals surface area contributed by atoms with Crippen molar-refractivity contribution in [3.8, 4) is 0 Å². The van der Waals surface area contributed by atoms with Gasteiger partial charge in [-0.1, -0.05) is 55.9 Å². The van der Waals surface area contributed by atoms with Gasteiger partial charge in [0, 0.05) is 26.1 Å². The molecule has 1 saturated carbocycles. The molecule has 1 atom stereocenters. The predicted octanol–water partition coefficient (Wildman–Crippen LogP) is 3.66. The van der Waals surface area contributed by atoms with Crippen LogP contribution in [0.5, 0.6) is 0 Å². The molecule has 24 heavy (non-hydrogen) atoms. The summed E-state index contributed by atoms with van der Waals surface area (Å²) in [6, 6.07) is 10.4. The molecule has 0 saturated heterocycles. The largest absolute Gasteiger partial charge is 0.348 e. The van der Waals surface area contributed by atoms with Gasteiger partial charge in [-0.05, 0) is 18.4 Å². The first kappa shape index (κ1) is 17.0. The lowest BCUT2D eigenvalue weighted by molar-refractivity contribution is -0.128. The number of benzene rings is 1. The van der Waals surface area contributed by atoms with E-state index >= 15 is 0 Å². The van der Waals surface area contributed by atoms with Crippen molar-refractivity contribution in [2.75, 3.05) is 14.1 Å². The van der Waals surface area contributed by atoms with E-state index < -0.39 is 0 Å². The Morgan fingerprint density at radius 2 is 1.88 bits per heavy atom. The van der Waals surface area contributed by atoms with Crippen LogP contribution in [0.1, 0.15) is 55.3 Å². The smallest absolute Gasteiger partial charge is 0.240 e. The normalized spacial score (nSPS) is 15.5. The average Bonchev–Trinajstić information content (AvgIpc) is 3.32. The zero-order valence-corrected chi connectivity index (χ0v) is 15.5. The Kier molecular flexibility index (Phi) is 4.94. The minimum absolute atomic E-state index is 0.0719. The minimum atomic E-state index is -0.303. The van der Waals surface area contributed by atoms with Gasteiger partial charge in [0.1, 0.15) is 11.1 Å². The molecule has 1 aromatic heterocycles. The summed E-state index contributed by atoms with van der Waals surface area (Å²) in [6.45, 7) is 4.27. The first-order chi connectivity index (χ1) is 11.5. The number of aromatic nitrogens is 3. The van der Waals surface area contributed by atoms with E-state index in [2.05, 4.69) is 28.6 Å². The fourth-order valence-electron chi connectivity index (χ4n) is 2.67. The Bertz CT molecular complexity index is 707. The molecule has 0 radical (unpaired) electrons. The first-order valence-electron chi connectivity index (χ1n) is 8.36. The molecule has 6 heteroatoms. The highest BCUT2D eigenvalue weighted by molar-refractivity contribution is 8.00. The molecule has 2 aromatic rings. The van der Waals surface area contributed by atoms with Gasteiger partial charge >= 0.3 is 0 Å². The van der Waals surface area contributed by atoms with Gasteiger partial charge in [-0.3, -0.25) is 4.79 Å². The topological polar surface area (TPSA) is 51.0 Å². The molecule has 0 aliphatic heterocycles. The Morgan fingerprint density at radius 1 is 1.21 bits per heavy atom. The maximum atomic E-state index is 12.7. The van der Waals surface area contributed by atoms with Crippen LogP contribution in [0.2, 0.25) is 0 Å². The molecule has 1 amide bonds. The fourth-order valence-corrected chi connectivity index (χ4v) is 3.93. The van der Waals surface area contributed by atoms with Crippen LogP contribution >= 0.6 is 11.8 Å². The van der Waals surface area contributed by atoms with E-state index in [1.807, 2.05) is 30.3 Å². The van der Waals surface area contributed by atoms with E-state index in [9.17, 15) is 4.79 Å². The first-order valence-corrected chi connectivity index (χ1v) is 9.24. The summed E-state index contributed by atoms with van der Waals surface area (Å²) in [5.41, 5.74) is 0.998. The molecule has 5 nitrogen and oxygen atoms in total. The molecule has 1 aliphatic carbocycles. The molecule has 0 unspecified atom stereocenters. The molecule has 1 aliphatic rings. The Morgan fingerprint density at radius 3 is 2.42 bits per heavy atom. The number of likely N-dealkylation sites (N-methyl/N-ethyl adjacent to an activating group) is 1. The summed E-state index contributed by atoms with van der Waals surface area (Å²) in [6.07, 6.45) is 2.34. The van der Waals surface area contributed by atoms with Crippen LogP contribution < -0.4 is 0 Å². The maximum absolute atomic E-state index is 12.7. The lowest BCUT2D eigenvalue weighted by atomic mass is 10.1. The van der Waals surface area contributed by atoms with Crippen molar-refractivity contribution < 1.29 is 4.79 Å². The molecule has 0 bridgehead atoms. The molecule has 3 rings (SSSR count). The van der Waals surface area contributed by atoms with Gasteiger partial charge in [0.2, 0.25) is 5.91 Å². The second-order valence-corrected chi connectivity index (χ2v) is 7.81. The summed E-state index contributed by atoms with van der Waals surface area (Å²) in [5.74, 6) is 1.42. The number of rotatable bonds is 6. The molecule has 1 fully saturated rings. The van der Waals surface area contributed by atoms with Gasteiger partial charge in [0.15, 0.2) is 5.16 Å². The number of hydrogen-bond acceptors (Lipinski definition) is 4. The predicted molar refractivity (Wildman–Crippen MR) is 96.1 cm³/mol. The number of nitrogens with zero attached hydrogens (tertiary/aromatic N) is 4. The van der Waals surface area contributed by atoms with Gasteiger partial charge < -0.3 is 9.47 Å². The Balaban J connectivity index is 1.95. The number of hydrogen-bond donors (Lipinski definition) is 0. The quantitative estimate of drug-likeness (QED) is 0.751. The molecule has 1 aromatic carbocycles. The summed E-state index contributed by atoms with van der Waals surface area (Å²) in [7, 11) is 3.59. The molecular weight excluding hydrogens is 320 g/mol. The highest BCUT2D eigenvalue weighted by Gasteiger charge is 2.33. The van der Waals surface area contributed by atoms with Crippen LogP contribution in [0, 0.1) is 0 Å². The zero-order chi connectivity index (χ0) is 17.3. The third kappa shape index (κ3) is 3.48. The highest BCUT2D eigenvalue weighted by atomic mass is 32.2. The van der Waals surface area contributed by atoms with Crippen LogP contribution in [-0.4, -0.2) is 39.7 Å². The van der Waals surface area contributed by atoms with Crippen LogP contribution in [0.4, 0.5) is 0 Å². The summed E-state index contributed by atoms with van der Waals surface area (Å²) >= 11 is 1.51. The summed E-state index contributed by atoms with van der Waals surface area (Å²) < 4.78 is 2.24. The van der Waals surface area contributed by atoms with Crippen molar-refractivity contribution in [1.82, 2.24) is 19.7 Å². The van der Waals surface area contributed by atoms with Gasteiger partial charge in [-0.25, -0.2) is 0 Å². The SMILES string of the molecule is CC(C)c1nnc(S[C@H](C(=O)N(C)C)c2ccccc2)n1C1CC1. The van der Waals surface area contributed by atoms with Crippen molar-refractivity contribution in [3.63, 3.8) is 0 Å². The lowest BCUT2D eigenvalue weighted by Gasteiger charge is -2.20. The Hall–Kier alpha value is -1.82. The summed E-state index contributed by atoms with van der Waals surface area (Å²) in [5, 5.41) is 9.36. The van der Waals surface area contributed by atoms with Crippen LogP contribution in [0.15, 0.2) is 35.5 Å². The van der Waals surface area contributed by atoms with E-state index in [-0.39, 0.29) is 11.2 Å². The number of carbonyl (C=O) groups excluding carboxylic acids is 1. The van der Waals surface area contributed by atoms with Gasteiger partial charge in [0.25, 0.3) is 0 Å². The van der Waals surface area contributed by atoms with Crippen molar-refractivity contribution in [2.24, 2.45) is 0 Å². The van der Waals surface area contributed by atoms with Crippen molar-refractivity contribution in [1.29, 1.82) is 0 Å². The molecule has 0 N–H and O–H groups in total. The number of amides is 1. The maximum Gasteiger partial charge on any atom is 0.240 e. The van der Waals surface area contributed by atoms with Crippen molar-refractivity contribution in [3.05, 3.63) is 41.7 Å². The molecule has 1 heterocycles. The minimum Gasteiger partial charge on any atom is -0.348 e.